The van der Waals surface area contributed by atoms with Crippen molar-refractivity contribution in [1.82, 2.24) is 4.98 Å². The van der Waals surface area contributed by atoms with E-state index in [1.807, 2.05) is 79.7 Å². The highest BCUT2D eigenvalue weighted by atomic mass is 79.9. The fraction of sp³-hybridized carbons (Fsp3) is 0.107. The number of carbonyl (C=O) groups excluding carboxylic acids is 2. The Labute approximate surface area is 220 Å². The molecule has 1 amide bonds. The Hall–Kier alpha value is -3.75. The molecule has 0 saturated heterocycles. The number of fused-ring (bicyclic) bond motifs is 1. The van der Waals surface area contributed by atoms with E-state index in [4.69, 9.17) is 4.74 Å². The highest BCUT2D eigenvalue weighted by molar-refractivity contribution is 9.10. The topological polar surface area (TPSA) is 79.7 Å². The molecule has 8 heteroatoms. The molecule has 36 heavy (non-hydrogen) atoms. The molecule has 1 unspecified atom stereocenters. The van der Waals surface area contributed by atoms with Crippen LogP contribution in [0.5, 0.6) is 5.75 Å². The van der Waals surface area contributed by atoms with Crippen molar-refractivity contribution < 1.29 is 19.4 Å². The molecule has 0 aliphatic carbocycles. The van der Waals surface area contributed by atoms with E-state index in [0.29, 0.717) is 28.6 Å². The third kappa shape index (κ3) is 4.57. The monoisotopic (exact) mass is 560 g/mol. The number of ether oxygens (including phenoxy) is 1. The first-order valence-electron chi connectivity index (χ1n) is 11.3. The summed E-state index contributed by atoms with van der Waals surface area (Å²) in [6.45, 7) is 2.44. The van der Waals surface area contributed by atoms with Crippen LogP contribution >= 0.6 is 27.3 Å². The normalized spacial score (nSPS) is 15.9. The summed E-state index contributed by atoms with van der Waals surface area (Å²) >= 11 is 4.74. The van der Waals surface area contributed by atoms with Crippen LogP contribution in [0.4, 0.5) is 5.13 Å². The lowest BCUT2D eigenvalue weighted by Crippen LogP contribution is -2.30. The molecule has 0 saturated carbocycles. The summed E-state index contributed by atoms with van der Waals surface area (Å²) in [6.07, 6.45) is 3.05. The van der Waals surface area contributed by atoms with E-state index in [0.717, 1.165) is 14.7 Å². The molecule has 2 heterocycles. The number of anilines is 1. The lowest BCUT2D eigenvalue weighted by atomic mass is 9.96. The van der Waals surface area contributed by atoms with Crippen LogP contribution in [0, 0.1) is 0 Å². The van der Waals surface area contributed by atoms with Gasteiger partial charge in [-0.25, -0.2) is 4.98 Å². The minimum Gasteiger partial charge on any atom is -0.503 e. The summed E-state index contributed by atoms with van der Waals surface area (Å²) in [7, 11) is 0. The van der Waals surface area contributed by atoms with Gasteiger partial charge in [-0.3, -0.25) is 14.5 Å². The maximum atomic E-state index is 13.4. The number of thiazole rings is 1. The van der Waals surface area contributed by atoms with Crippen molar-refractivity contribution in [2.75, 3.05) is 11.5 Å². The van der Waals surface area contributed by atoms with E-state index in [9.17, 15) is 14.7 Å². The van der Waals surface area contributed by atoms with E-state index in [-0.39, 0.29) is 5.57 Å². The van der Waals surface area contributed by atoms with Gasteiger partial charge in [0.05, 0.1) is 28.4 Å². The molecule has 1 N–H and O–H groups in total. The van der Waals surface area contributed by atoms with Gasteiger partial charge >= 0.3 is 0 Å². The van der Waals surface area contributed by atoms with Crippen LogP contribution in [-0.4, -0.2) is 28.4 Å². The van der Waals surface area contributed by atoms with Gasteiger partial charge in [-0.15, -0.1) is 0 Å². The number of ketones is 1. The van der Waals surface area contributed by atoms with Gasteiger partial charge in [-0.1, -0.05) is 75.8 Å². The number of carbonyl (C=O) groups is 2. The number of aliphatic hydroxyl groups excluding tert-OH is 1. The molecule has 5 rings (SSSR count). The van der Waals surface area contributed by atoms with Gasteiger partial charge in [0.25, 0.3) is 5.91 Å². The van der Waals surface area contributed by atoms with E-state index in [1.54, 1.807) is 6.08 Å². The number of hydrogen-bond acceptors (Lipinski definition) is 6. The number of amides is 1. The van der Waals surface area contributed by atoms with Gasteiger partial charge < -0.3 is 9.84 Å². The summed E-state index contributed by atoms with van der Waals surface area (Å²) in [5, 5.41) is 11.3. The van der Waals surface area contributed by atoms with E-state index >= 15 is 0 Å². The van der Waals surface area contributed by atoms with Gasteiger partial charge in [-0.05, 0) is 54.5 Å². The van der Waals surface area contributed by atoms with Crippen LogP contribution in [-0.2, 0) is 9.59 Å². The number of halogens is 1. The Balaban J connectivity index is 1.58. The molecule has 0 spiro atoms. The molecule has 1 aliphatic rings. The standard InChI is InChI=1S/C28H21BrN2O4S/c1-2-35-20-13-14-21-23(16-20)36-28(30-21)31-25(18-9-11-19(29)12-10-18)24(26(33)27(31)34)22(32)15-8-17-6-4-3-5-7-17/h3-16,25,33H,2H2,1H3/b15-8+. The maximum Gasteiger partial charge on any atom is 0.296 e. The second kappa shape index (κ2) is 10.1. The molecule has 1 aliphatic heterocycles. The minimum absolute atomic E-state index is 0.0174. The quantitative estimate of drug-likeness (QED) is 0.256. The number of aromatic nitrogens is 1. The van der Waals surface area contributed by atoms with Gasteiger partial charge in [0.1, 0.15) is 5.75 Å². The van der Waals surface area contributed by atoms with Crippen LogP contribution in [0.2, 0.25) is 0 Å². The second-order valence-electron chi connectivity index (χ2n) is 8.06. The summed E-state index contributed by atoms with van der Waals surface area (Å²) in [5.74, 6) is -0.969. The predicted octanol–water partition coefficient (Wildman–Crippen LogP) is 6.64. The average Bonchev–Trinajstić information content (AvgIpc) is 3.42. The summed E-state index contributed by atoms with van der Waals surface area (Å²) in [4.78, 5) is 32.8. The number of nitrogens with zero attached hydrogens (tertiary/aromatic N) is 2. The zero-order valence-electron chi connectivity index (χ0n) is 19.2. The number of rotatable bonds is 7. The fourth-order valence-corrected chi connectivity index (χ4v) is 5.38. The lowest BCUT2D eigenvalue weighted by molar-refractivity contribution is -0.117. The van der Waals surface area contributed by atoms with Crippen LogP contribution in [0.25, 0.3) is 16.3 Å². The largest absolute Gasteiger partial charge is 0.503 e. The van der Waals surface area contributed by atoms with E-state index in [1.165, 1.54) is 22.3 Å². The van der Waals surface area contributed by atoms with Crippen molar-refractivity contribution in [3.8, 4) is 5.75 Å². The molecule has 1 atom stereocenters. The zero-order chi connectivity index (χ0) is 25.2. The molecule has 0 radical (unpaired) electrons. The van der Waals surface area contributed by atoms with Gasteiger partial charge in [-0.2, -0.15) is 0 Å². The summed E-state index contributed by atoms with van der Waals surface area (Å²) < 4.78 is 7.29. The number of hydrogen-bond donors (Lipinski definition) is 1. The Kier molecular flexibility index (Phi) is 6.71. The second-order valence-corrected chi connectivity index (χ2v) is 9.98. The van der Waals surface area contributed by atoms with Gasteiger partial charge in [0.2, 0.25) is 0 Å². The minimum atomic E-state index is -0.828. The SMILES string of the molecule is CCOc1ccc2nc(N3C(=O)C(O)=C(C(=O)/C=C/c4ccccc4)C3c3ccc(Br)cc3)sc2c1. The van der Waals surface area contributed by atoms with E-state index in [2.05, 4.69) is 20.9 Å². The maximum absolute atomic E-state index is 13.4. The molecule has 1 aromatic heterocycles. The molecule has 3 aromatic carbocycles. The third-order valence-corrected chi connectivity index (χ3v) is 7.30. The first kappa shape index (κ1) is 24.0. The van der Waals surface area contributed by atoms with Crippen LogP contribution < -0.4 is 9.64 Å². The molecule has 0 bridgehead atoms. The van der Waals surface area contributed by atoms with Crippen molar-refractivity contribution in [3.05, 3.63) is 106 Å². The Morgan fingerprint density at radius 2 is 1.89 bits per heavy atom. The van der Waals surface area contributed by atoms with Crippen molar-refractivity contribution in [2.24, 2.45) is 0 Å². The zero-order valence-corrected chi connectivity index (χ0v) is 21.6. The Morgan fingerprint density at radius 1 is 1.14 bits per heavy atom. The molecule has 0 fully saturated rings. The molecule has 180 valence electrons. The van der Waals surface area contributed by atoms with Crippen LogP contribution in [0.15, 0.2) is 94.7 Å². The van der Waals surface area contributed by atoms with Crippen LogP contribution in [0.3, 0.4) is 0 Å². The molecular weight excluding hydrogens is 540 g/mol. The third-order valence-electron chi connectivity index (χ3n) is 5.75. The summed E-state index contributed by atoms with van der Waals surface area (Å²) in [5.41, 5.74) is 2.23. The Bertz CT molecular complexity index is 1510. The van der Waals surface area contributed by atoms with Gasteiger partial charge in [0, 0.05) is 4.47 Å². The predicted molar refractivity (Wildman–Crippen MR) is 145 cm³/mol. The van der Waals surface area contributed by atoms with Crippen molar-refractivity contribution in [1.29, 1.82) is 0 Å². The van der Waals surface area contributed by atoms with Crippen LogP contribution in [0.1, 0.15) is 24.1 Å². The fourth-order valence-electron chi connectivity index (χ4n) is 4.09. The van der Waals surface area contributed by atoms with Crippen molar-refractivity contribution in [3.63, 3.8) is 0 Å². The molecule has 4 aromatic rings. The van der Waals surface area contributed by atoms with E-state index < -0.39 is 23.5 Å². The molecular formula is C28H21BrN2O4S. The first-order chi connectivity index (χ1) is 17.5. The molecule has 6 nitrogen and oxygen atoms in total. The van der Waals surface area contributed by atoms with Crippen molar-refractivity contribution in [2.45, 2.75) is 13.0 Å². The van der Waals surface area contributed by atoms with Crippen molar-refractivity contribution >= 4 is 60.4 Å². The Morgan fingerprint density at radius 3 is 2.61 bits per heavy atom. The number of benzene rings is 3. The highest BCUT2D eigenvalue weighted by Crippen LogP contribution is 2.44. The number of aliphatic hydroxyl groups is 1. The summed E-state index contributed by atoms with van der Waals surface area (Å²) in [6, 6.07) is 21.4. The average molecular weight is 561 g/mol. The highest BCUT2D eigenvalue weighted by Gasteiger charge is 2.45. The van der Waals surface area contributed by atoms with Gasteiger partial charge in [0.15, 0.2) is 16.7 Å². The number of allylic oxidation sites excluding steroid dienone is 1. The smallest absolute Gasteiger partial charge is 0.296 e. The lowest BCUT2D eigenvalue weighted by Gasteiger charge is -2.24. The first-order valence-corrected chi connectivity index (χ1v) is 12.9.